The first-order valence-electron chi connectivity index (χ1n) is 6.72. The minimum absolute atomic E-state index is 0.0998. The molecular formula is C14H18Cl2N2O2. The summed E-state index contributed by atoms with van der Waals surface area (Å²) in [5.74, 6) is -0.0998. The van der Waals surface area contributed by atoms with E-state index in [1.54, 1.807) is 18.2 Å². The van der Waals surface area contributed by atoms with Crippen LogP contribution in [-0.2, 0) is 9.53 Å². The summed E-state index contributed by atoms with van der Waals surface area (Å²) < 4.78 is 5.69. The van der Waals surface area contributed by atoms with Gasteiger partial charge in [0.05, 0.1) is 19.1 Å². The van der Waals surface area contributed by atoms with Gasteiger partial charge in [0, 0.05) is 15.7 Å². The van der Waals surface area contributed by atoms with Crippen LogP contribution in [-0.4, -0.2) is 31.7 Å². The number of benzene rings is 1. The zero-order valence-corrected chi connectivity index (χ0v) is 12.6. The van der Waals surface area contributed by atoms with Crippen molar-refractivity contribution < 1.29 is 9.53 Å². The molecule has 1 fully saturated rings. The van der Waals surface area contributed by atoms with Gasteiger partial charge in [-0.25, -0.2) is 0 Å². The fourth-order valence-electron chi connectivity index (χ4n) is 2.13. The van der Waals surface area contributed by atoms with Crippen LogP contribution < -0.4 is 10.6 Å². The number of halogens is 2. The van der Waals surface area contributed by atoms with E-state index < -0.39 is 0 Å². The zero-order chi connectivity index (χ0) is 14.4. The summed E-state index contributed by atoms with van der Waals surface area (Å²) in [4.78, 5) is 11.8. The van der Waals surface area contributed by atoms with Crippen molar-refractivity contribution in [2.75, 3.05) is 25.0 Å². The van der Waals surface area contributed by atoms with Crippen molar-refractivity contribution in [3.05, 3.63) is 28.2 Å². The quantitative estimate of drug-likeness (QED) is 0.877. The number of ether oxygens (including phenoxy) is 1. The SMILES string of the molecule is O=C(CCOC1CCNCC1)Nc1cc(Cl)cc(Cl)c1. The molecule has 110 valence electrons. The number of hydrogen-bond donors (Lipinski definition) is 2. The minimum Gasteiger partial charge on any atom is -0.378 e. The fourth-order valence-corrected chi connectivity index (χ4v) is 2.66. The maximum Gasteiger partial charge on any atom is 0.226 e. The number of carbonyl (C=O) groups is 1. The molecule has 1 saturated heterocycles. The molecule has 0 aromatic heterocycles. The van der Waals surface area contributed by atoms with Crippen molar-refractivity contribution in [1.82, 2.24) is 5.32 Å². The summed E-state index contributed by atoms with van der Waals surface area (Å²) in [6.45, 7) is 2.40. The lowest BCUT2D eigenvalue weighted by molar-refractivity contribution is -0.117. The Kier molecular flexibility index (Phi) is 6.10. The van der Waals surface area contributed by atoms with Gasteiger partial charge in [-0.1, -0.05) is 23.2 Å². The van der Waals surface area contributed by atoms with Gasteiger partial charge in [-0.2, -0.15) is 0 Å². The van der Waals surface area contributed by atoms with Crippen molar-refractivity contribution in [2.24, 2.45) is 0 Å². The molecular weight excluding hydrogens is 299 g/mol. The maximum absolute atomic E-state index is 11.8. The molecule has 1 aromatic carbocycles. The molecule has 1 aromatic rings. The summed E-state index contributed by atoms with van der Waals surface area (Å²) in [7, 11) is 0. The molecule has 2 N–H and O–H groups in total. The second-order valence-electron chi connectivity index (χ2n) is 4.78. The van der Waals surface area contributed by atoms with E-state index in [0.29, 0.717) is 28.8 Å². The van der Waals surface area contributed by atoms with Crippen molar-refractivity contribution in [3.63, 3.8) is 0 Å². The van der Waals surface area contributed by atoms with Crippen LogP contribution in [0.4, 0.5) is 5.69 Å². The van der Waals surface area contributed by atoms with Gasteiger partial charge in [-0.3, -0.25) is 4.79 Å². The van der Waals surface area contributed by atoms with E-state index in [4.69, 9.17) is 27.9 Å². The lowest BCUT2D eigenvalue weighted by atomic mass is 10.1. The molecule has 0 saturated carbocycles. The monoisotopic (exact) mass is 316 g/mol. The Bertz CT molecular complexity index is 442. The number of anilines is 1. The summed E-state index contributed by atoms with van der Waals surface area (Å²) >= 11 is 11.7. The average Bonchev–Trinajstić information content (AvgIpc) is 2.38. The van der Waals surface area contributed by atoms with E-state index in [1.807, 2.05) is 0 Å². The number of nitrogens with one attached hydrogen (secondary N) is 2. The predicted octanol–water partition coefficient (Wildman–Crippen LogP) is 3.09. The van der Waals surface area contributed by atoms with Crippen LogP contribution in [0.5, 0.6) is 0 Å². The third-order valence-corrected chi connectivity index (χ3v) is 3.55. The predicted molar refractivity (Wildman–Crippen MR) is 81.6 cm³/mol. The lowest BCUT2D eigenvalue weighted by Crippen LogP contribution is -2.33. The highest BCUT2D eigenvalue weighted by Gasteiger charge is 2.13. The second-order valence-corrected chi connectivity index (χ2v) is 5.65. The Hall–Kier alpha value is -0.810. The minimum atomic E-state index is -0.0998. The van der Waals surface area contributed by atoms with Gasteiger partial charge in [0.25, 0.3) is 0 Å². The number of amides is 1. The van der Waals surface area contributed by atoms with Gasteiger partial charge < -0.3 is 15.4 Å². The van der Waals surface area contributed by atoms with Crippen LogP contribution in [0, 0.1) is 0 Å². The standard InChI is InChI=1S/C14H18Cl2N2O2/c15-10-7-11(16)9-12(8-10)18-14(19)3-6-20-13-1-4-17-5-2-13/h7-9,13,17H,1-6H2,(H,18,19). The van der Waals surface area contributed by atoms with Crippen LogP contribution in [0.25, 0.3) is 0 Å². The first kappa shape index (κ1) is 15.6. The van der Waals surface area contributed by atoms with Gasteiger partial charge >= 0.3 is 0 Å². The first-order valence-corrected chi connectivity index (χ1v) is 7.47. The number of piperidine rings is 1. The first-order chi connectivity index (χ1) is 9.63. The Labute approximate surface area is 128 Å². The van der Waals surface area contributed by atoms with Gasteiger partial charge in [0.15, 0.2) is 0 Å². The smallest absolute Gasteiger partial charge is 0.226 e. The van der Waals surface area contributed by atoms with E-state index in [9.17, 15) is 4.79 Å². The van der Waals surface area contributed by atoms with Gasteiger partial charge in [0.2, 0.25) is 5.91 Å². The van der Waals surface area contributed by atoms with Crippen molar-refractivity contribution in [1.29, 1.82) is 0 Å². The number of hydrogen-bond acceptors (Lipinski definition) is 3. The normalized spacial score (nSPS) is 16.1. The third kappa shape index (κ3) is 5.29. The molecule has 0 unspecified atom stereocenters. The average molecular weight is 317 g/mol. The molecule has 4 nitrogen and oxygen atoms in total. The zero-order valence-electron chi connectivity index (χ0n) is 11.1. The molecule has 0 spiro atoms. The van der Waals surface area contributed by atoms with Crippen LogP contribution in [0.3, 0.4) is 0 Å². The third-order valence-electron chi connectivity index (χ3n) is 3.12. The highest BCUT2D eigenvalue weighted by molar-refractivity contribution is 6.35. The highest BCUT2D eigenvalue weighted by atomic mass is 35.5. The van der Waals surface area contributed by atoms with Crippen LogP contribution in [0.2, 0.25) is 10.0 Å². The van der Waals surface area contributed by atoms with Gasteiger partial charge in [-0.15, -0.1) is 0 Å². The van der Waals surface area contributed by atoms with E-state index in [0.717, 1.165) is 25.9 Å². The van der Waals surface area contributed by atoms with E-state index in [-0.39, 0.29) is 12.0 Å². The largest absolute Gasteiger partial charge is 0.378 e. The van der Waals surface area contributed by atoms with Crippen molar-refractivity contribution in [2.45, 2.75) is 25.4 Å². The lowest BCUT2D eigenvalue weighted by Gasteiger charge is -2.22. The van der Waals surface area contributed by atoms with E-state index in [2.05, 4.69) is 10.6 Å². The molecule has 6 heteroatoms. The van der Waals surface area contributed by atoms with Crippen molar-refractivity contribution >= 4 is 34.8 Å². The molecule has 20 heavy (non-hydrogen) atoms. The highest BCUT2D eigenvalue weighted by Crippen LogP contribution is 2.22. The van der Waals surface area contributed by atoms with Crippen LogP contribution >= 0.6 is 23.2 Å². The molecule has 1 heterocycles. The molecule has 0 aliphatic carbocycles. The van der Waals surface area contributed by atoms with Crippen molar-refractivity contribution in [3.8, 4) is 0 Å². The van der Waals surface area contributed by atoms with Crippen LogP contribution in [0.1, 0.15) is 19.3 Å². The van der Waals surface area contributed by atoms with Crippen LogP contribution in [0.15, 0.2) is 18.2 Å². The molecule has 2 rings (SSSR count). The van der Waals surface area contributed by atoms with Gasteiger partial charge in [0.1, 0.15) is 0 Å². The molecule has 1 amide bonds. The molecule has 0 atom stereocenters. The van der Waals surface area contributed by atoms with E-state index >= 15 is 0 Å². The summed E-state index contributed by atoms with van der Waals surface area (Å²) in [6, 6.07) is 4.96. The Balaban J connectivity index is 1.72. The molecule has 1 aliphatic heterocycles. The number of carbonyl (C=O) groups excluding carboxylic acids is 1. The topological polar surface area (TPSA) is 50.4 Å². The fraction of sp³-hybridized carbons (Fsp3) is 0.500. The Morgan fingerprint density at radius 1 is 1.25 bits per heavy atom. The Morgan fingerprint density at radius 2 is 1.90 bits per heavy atom. The second kappa shape index (κ2) is 7.84. The molecule has 0 radical (unpaired) electrons. The number of rotatable bonds is 5. The molecule has 1 aliphatic rings. The summed E-state index contributed by atoms with van der Waals surface area (Å²) in [5, 5.41) is 7.03. The molecule has 0 bridgehead atoms. The van der Waals surface area contributed by atoms with E-state index in [1.165, 1.54) is 0 Å². The summed E-state index contributed by atoms with van der Waals surface area (Å²) in [5.41, 5.74) is 0.606. The maximum atomic E-state index is 11.8. The van der Waals surface area contributed by atoms with Gasteiger partial charge in [-0.05, 0) is 44.1 Å². The Morgan fingerprint density at radius 3 is 2.55 bits per heavy atom. The summed E-state index contributed by atoms with van der Waals surface area (Å²) in [6.07, 6.45) is 2.61.